The van der Waals surface area contributed by atoms with Crippen molar-refractivity contribution in [2.24, 2.45) is 0 Å². The zero-order valence-electron chi connectivity index (χ0n) is 17.5. The number of ether oxygens (including phenoxy) is 2. The van der Waals surface area contributed by atoms with E-state index in [2.05, 4.69) is 4.98 Å². The maximum absolute atomic E-state index is 13.0. The summed E-state index contributed by atoms with van der Waals surface area (Å²) in [6.07, 6.45) is 2.83. The fourth-order valence-electron chi connectivity index (χ4n) is 3.14. The van der Waals surface area contributed by atoms with Crippen LogP contribution in [0.2, 0.25) is 0 Å². The van der Waals surface area contributed by atoms with E-state index in [1.165, 1.54) is 46.0 Å². The minimum atomic E-state index is -3.56. The second-order valence-corrected chi connectivity index (χ2v) is 9.97. The summed E-state index contributed by atoms with van der Waals surface area (Å²) in [6.45, 7) is 1.45. The highest BCUT2D eigenvalue weighted by Gasteiger charge is 2.25. The Morgan fingerprint density at radius 3 is 2.52 bits per heavy atom. The molecule has 3 aromatic rings. The van der Waals surface area contributed by atoms with E-state index in [1.54, 1.807) is 35.7 Å². The van der Waals surface area contributed by atoms with Gasteiger partial charge < -0.3 is 9.47 Å². The molecular weight excluding hydrogens is 467 g/mol. The number of nitrogens with zero attached hydrogens (tertiary/aromatic N) is 2. The van der Waals surface area contributed by atoms with Crippen LogP contribution in [0.4, 0.5) is 4.39 Å². The van der Waals surface area contributed by atoms with Gasteiger partial charge in [0.25, 0.3) is 0 Å². The number of hydrogen-bond donors (Lipinski definition) is 0. The molecule has 1 aliphatic rings. The van der Waals surface area contributed by atoms with E-state index in [9.17, 15) is 17.6 Å². The third-order valence-corrected chi connectivity index (χ3v) is 7.76. The van der Waals surface area contributed by atoms with Gasteiger partial charge in [0.2, 0.25) is 10.0 Å². The van der Waals surface area contributed by atoms with Gasteiger partial charge in [-0.25, -0.2) is 22.6 Å². The Morgan fingerprint density at radius 2 is 1.82 bits per heavy atom. The number of aromatic nitrogens is 1. The van der Waals surface area contributed by atoms with E-state index >= 15 is 0 Å². The molecule has 0 radical (unpaired) electrons. The molecule has 2 heterocycles. The Hall–Kier alpha value is -2.92. The van der Waals surface area contributed by atoms with Crippen molar-refractivity contribution in [3.8, 4) is 10.6 Å². The Labute approximate surface area is 195 Å². The van der Waals surface area contributed by atoms with Gasteiger partial charge in [0, 0.05) is 30.1 Å². The number of carbonyl (C=O) groups excluding carboxylic acids is 1. The SMILES string of the molecule is O=C(/C=C/c1ccc(S(=O)(=O)N2CCOCC2)cc1)OCc1csc(-c2ccc(F)cc2)n1. The van der Waals surface area contributed by atoms with E-state index in [1.807, 2.05) is 0 Å². The predicted octanol–water partition coefficient (Wildman–Crippen LogP) is 3.73. The third-order valence-electron chi connectivity index (χ3n) is 4.91. The molecule has 4 rings (SSSR count). The first-order valence-electron chi connectivity index (χ1n) is 10.1. The van der Waals surface area contributed by atoms with Crippen molar-refractivity contribution in [2.45, 2.75) is 11.5 Å². The molecule has 7 nitrogen and oxygen atoms in total. The van der Waals surface area contributed by atoms with Crippen LogP contribution in [0, 0.1) is 5.82 Å². The van der Waals surface area contributed by atoms with Gasteiger partial charge >= 0.3 is 5.97 Å². The van der Waals surface area contributed by atoms with Crippen LogP contribution in [0.5, 0.6) is 0 Å². The summed E-state index contributed by atoms with van der Waals surface area (Å²) >= 11 is 1.38. The Bertz CT molecular complexity index is 1230. The molecule has 0 aliphatic carbocycles. The molecule has 172 valence electrons. The van der Waals surface area contributed by atoms with E-state index in [4.69, 9.17) is 9.47 Å². The lowest BCUT2D eigenvalue weighted by Crippen LogP contribution is -2.40. The van der Waals surface area contributed by atoms with Crippen molar-refractivity contribution in [2.75, 3.05) is 26.3 Å². The van der Waals surface area contributed by atoms with Gasteiger partial charge in [0.15, 0.2) is 0 Å². The van der Waals surface area contributed by atoms with Crippen LogP contribution in [-0.2, 0) is 30.9 Å². The summed E-state index contributed by atoms with van der Waals surface area (Å²) in [5.41, 5.74) is 2.05. The topological polar surface area (TPSA) is 85.8 Å². The average molecular weight is 489 g/mol. The smallest absolute Gasteiger partial charge is 0.331 e. The summed E-state index contributed by atoms with van der Waals surface area (Å²) in [4.78, 5) is 16.6. The summed E-state index contributed by atoms with van der Waals surface area (Å²) in [7, 11) is -3.56. The van der Waals surface area contributed by atoms with Gasteiger partial charge in [-0.15, -0.1) is 11.3 Å². The lowest BCUT2D eigenvalue weighted by atomic mass is 10.2. The molecule has 1 saturated heterocycles. The van der Waals surface area contributed by atoms with Crippen LogP contribution in [0.3, 0.4) is 0 Å². The van der Waals surface area contributed by atoms with Gasteiger partial charge in [-0.3, -0.25) is 0 Å². The highest BCUT2D eigenvalue weighted by atomic mass is 32.2. The van der Waals surface area contributed by atoms with E-state index < -0.39 is 16.0 Å². The van der Waals surface area contributed by atoms with Crippen LogP contribution in [0.1, 0.15) is 11.3 Å². The number of rotatable bonds is 7. The van der Waals surface area contributed by atoms with Crippen molar-refractivity contribution < 1.29 is 27.1 Å². The van der Waals surface area contributed by atoms with Crippen LogP contribution in [-0.4, -0.2) is 50.0 Å². The molecule has 0 N–H and O–H groups in total. The summed E-state index contributed by atoms with van der Waals surface area (Å²) in [5, 5.41) is 2.49. The molecule has 33 heavy (non-hydrogen) atoms. The van der Waals surface area contributed by atoms with Crippen molar-refractivity contribution in [3.63, 3.8) is 0 Å². The lowest BCUT2D eigenvalue weighted by molar-refractivity contribution is -0.139. The predicted molar refractivity (Wildman–Crippen MR) is 122 cm³/mol. The maximum Gasteiger partial charge on any atom is 0.331 e. The first-order chi connectivity index (χ1) is 15.9. The molecule has 0 amide bonds. The quantitative estimate of drug-likeness (QED) is 0.372. The van der Waals surface area contributed by atoms with Gasteiger partial charge in [-0.2, -0.15) is 4.31 Å². The van der Waals surface area contributed by atoms with Crippen LogP contribution in [0.15, 0.2) is 64.9 Å². The standard InChI is InChI=1S/C23H21FN2O5S2/c24-19-6-4-18(5-7-19)23-25-20(16-32-23)15-31-22(27)10-3-17-1-8-21(9-2-17)33(28,29)26-11-13-30-14-12-26/h1-10,16H,11-15H2/b10-3+. The van der Waals surface area contributed by atoms with Crippen molar-refractivity contribution in [1.29, 1.82) is 0 Å². The second-order valence-electron chi connectivity index (χ2n) is 7.18. The van der Waals surface area contributed by atoms with E-state index in [0.717, 1.165) is 5.56 Å². The summed E-state index contributed by atoms with van der Waals surface area (Å²) < 4.78 is 50.2. The number of thiazole rings is 1. The van der Waals surface area contributed by atoms with Gasteiger partial charge in [0.05, 0.1) is 23.8 Å². The Balaban J connectivity index is 1.31. The van der Waals surface area contributed by atoms with Crippen LogP contribution in [0.25, 0.3) is 16.6 Å². The van der Waals surface area contributed by atoms with E-state index in [0.29, 0.717) is 42.6 Å². The molecule has 10 heteroatoms. The Morgan fingerprint density at radius 1 is 1.12 bits per heavy atom. The van der Waals surface area contributed by atoms with Crippen molar-refractivity contribution in [1.82, 2.24) is 9.29 Å². The fourth-order valence-corrected chi connectivity index (χ4v) is 5.36. The number of morpholine rings is 1. The largest absolute Gasteiger partial charge is 0.456 e. The third kappa shape index (κ3) is 5.91. The second kappa shape index (κ2) is 10.3. The number of esters is 1. The van der Waals surface area contributed by atoms with Gasteiger partial charge in [-0.05, 0) is 48.0 Å². The molecule has 0 spiro atoms. The molecule has 1 aromatic heterocycles. The van der Waals surface area contributed by atoms with Gasteiger partial charge in [-0.1, -0.05) is 12.1 Å². The van der Waals surface area contributed by atoms with E-state index in [-0.39, 0.29) is 17.3 Å². The molecule has 0 bridgehead atoms. The lowest BCUT2D eigenvalue weighted by Gasteiger charge is -2.26. The molecular formula is C23H21FN2O5S2. The van der Waals surface area contributed by atoms with Crippen molar-refractivity contribution in [3.05, 3.63) is 77.1 Å². The minimum absolute atomic E-state index is 0.0115. The molecule has 2 aromatic carbocycles. The zero-order valence-corrected chi connectivity index (χ0v) is 19.1. The highest BCUT2D eigenvalue weighted by Crippen LogP contribution is 2.24. The molecule has 0 saturated carbocycles. The maximum atomic E-state index is 13.0. The first kappa shape index (κ1) is 23.2. The number of halogens is 1. The molecule has 1 fully saturated rings. The van der Waals surface area contributed by atoms with Crippen LogP contribution >= 0.6 is 11.3 Å². The molecule has 0 unspecified atom stereocenters. The van der Waals surface area contributed by atoms with Gasteiger partial charge in [0.1, 0.15) is 17.4 Å². The summed E-state index contributed by atoms with van der Waals surface area (Å²) in [6, 6.07) is 12.3. The molecule has 0 atom stereocenters. The minimum Gasteiger partial charge on any atom is -0.456 e. The number of carbonyl (C=O) groups is 1. The first-order valence-corrected chi connectivity index (χ1v) is 12.5. The monoisotopic (exact) mass is 488 g/mol. The normalized spacial score (nSPS) is 15.1. The number of sulfonamides is 1. The zero-order chi connectivity index (χ0) is 23.3. The van der Waals surface area contributed by atoms with Crippen molar-refractivity contribution >= 4 is 33.4 Å². The number of hydrogen-bond acceptors (Lipinski definition) is 7. The fraction of sp³-hybridized carbons (Fsp3) is 0.217. The average Bonchev–Trinajstić information content (AvgIpc) is 3.32. The molecule has 1 aliphatic heterocycles. The Kier molecular flexibility index (Phi) is 7.29. The highest BCUT2D eigenvalue weighted by molar-refractivity contribution is 7.89. The van der Waals surface area contributed by atoms with Crippen LogP contribution < -0.4 is 0 Å². The summed E-state index contributed by atoms with van der Waals surface area (Å²) in [5.74, 6) is -0.860. The number of benzene rings is 2.